The molecule has 4 rings (SSSR count). The molecule has 1 saturated heterocycles. The van der Waals surface area contributed by atoms with Crippen molar-refractivity contribution in [2.24, 2.45) is 0 Å². The summed E-state index contributed by atoms with van der Waals surface area (Å²) in [7, 11) is 0. The molecule has 29 heavy (non-hydrogen) atoms. The largest absolute Gasteiger partial charge is 0.305 e. The van der Waals surface area contributed by atoms with Crippen LogP contribution in [0.3, 0.4) is 0 Å². The molecule has 0 aromatic carbocycles. The predicted molar refractivity (Wildman–Crippen MR) is 114 cm³/mol. The molecule has 150 valence electrons. The molecule has 0 bridgehead atoms. The molecule has 1 aliphatic heterocycles. The van der Waals surface area contributed by atoms with Crippen molar-refractivity contribution in [1.29, 1.82) is 0 Å². The third-order valence-corrected chi connectivity index (χ3v) is 5.79. The van der Waals surface area contributed by atoms with E-state index in [1.807, 2.05) is 30.6 Å². The van der Waals surface area contributed by atoms with Crippen molar-refractivity contribution in [1.82, 2.24) is 29.8 Å². The number of hydrogen-bond donors (Lipinski definition) is 1. The van der Waals surface area contributed by atoms with Crippen LogP contribution in [-0.4, -0.2) is 48.7 Å². The van der Waals surface area contributed by atoms with E-state index in [1.165, 1.54) is 0 Å². The first-order chi connectivity index (χ1) is 14.2. The number of rotatable bonds is 6. The number of likely N-dealkylation sites (tertiary alicyclic amines) is 1. The Morgan fingerprint density at radius 3 is 2.66 bits per heavy atom. The summed E-state index contributed by atoms with van der Waals surface area (Å²) in [6.07, 6.45) is 7.51. The highest BCUT2D eigenvalue weighted by molar-refractivity contribution is 7.99. The lowest BCUT2D eigenvalue weighted by molar-refractivity contribution is 0.202. The minimum Gasteiger partial charge on any atom is -0.305 e. The molecule has 0 radical (unpaired) electrons. The fourth-order valence-electron chi connectivity index (χ4n) is 3.58. The average molecular weight is 409 g/mol. The Hall–Kier alpha value is -2.58. The van der Waals surface area contributed by atoms with Crippen molar-refractivity contribution < 1.29 is 0 Å². The number of pyridine rings is 1. The lowest BCUT2D eigenvalue weighted by Crippen LogP contribution is -2.33. The summed E-state index contributed by atoms with van der Waals surface area (Å²) in [5.74, 6) is 1.80. The van der Waals surface area contributed by atoms with Gasteiger partial charge in [-0.25, -0.2) is 15.0 Å². The summed E-state index contributed by atoms with van der Waals surface area (Å²) < 4.78 is 0. The summed E-state index contributed by atoms with van der Waals surface area (Å²) in [6, 6.07) is 7.23. The quantitative estimate of drug-likeness (QED) is 0.495. The lowest BCUT2D eigenvalue weighted by atomic mass is 9.93. The number of H-pyrrole nitrogens is 1. The lowest BCUT2D eigenvalue weighted by Gasteiger charge is -2.31. The molecule has 0 atom stereocenters. The van der Waals surface area contributed by atoms with E-state index in [1.54, 1.807) is 24.0 Å². The molecular formula is C21H24N6OS. The first kappa shape index (κ1) is 19.7. The Morgan fingerprint density at radius 1 is 1.17 bits per heavy atom. The van der Waals surface area contributed by atoms with Crippen LogP contribution in [0.2, 0.25) is 0 Å². The SMILES string of the molecule is CCSc1ncc(CN2CCC(c3cc(=O)[nH]c(-c4ccccn4)n3)CC2)cn1. The van der Waals surface area contributed by atoms with Gasteiger partial charge in [0.25, 0.3) is 5.56 Å². The molecule has 0 amide bonds. The van der Waals surface area contributed by atoms with Crippen molar-refractivity contribution in [2.75, 3.05) is 18.8 Å². The number of thioether (sulfide) groups is 1. The van der Waals surface area contributed by atoms with Crippen molar-refractivity contribution in [2.45, 2.75) is 37.4 Å². The van der Waals surface area contributed by atoms with Crippen LogP contribution >= 0.6 is 11.8 Å². The van der Waals surface area contributed by atoms with Crippen molar-refractivity contribution in [3.8, 4) is 11.5 Å². The third kappa shape index (κ3) is 5.07. The highest BCUT2D eigenvalue weighted by atomic mass is 32.2. The second-order valence-electron chi connectivity index (χ2n) is 7.09. The molecular weight excluding hydrogens is 384 g/mol. The fourth-order valence-corrected chi connectivity index (χ4v) is 4.10. The van der Waals surface area contributed by atoms with Gasteiger partial charge in [-0.3, -0.25) is 14.7 Å². The van der Waals surface area contributed by atoms with Crippen LogP contribution in [-0.2, 0) is 6.54 Å². The first-order valence-electron chi connectivity index (χ1n) is 9.90. The van der Waals surface area contributed by atoms with Gasteiger partial charge in [-0.2, -0.15) is 0 Å². The summed E-state index contributed by atoms with van der Waals surface area (Å²) in [6.45, 7) is 4.87. The molecule has 1 fully saturated rings. The second-order valence-corrected chi connectivity index (χ2v) is 8.32. The molecule has 0 saturated carbocycles. The van der Waals surface area contributed by atoms with E-state index in [9.17, 15) is 4.79 Å². The van der Waals surface area contributed by atoms with Gasteiger partial charge in [-0.05, 0) is 43.8 Å². The van der Waals surface area contributed by atoms with E-state index in [0.717, 1.165) is 54.6 Å². The Labute approximate surface area is 174 Å². The molecule has 4 heterocycles. The van der Waals surface area contributed by atoms with Gasteiger partial charge in [-0.1, -0.05) is 24.8 Å². The van der Waals surface area contributed by atoms with E-state index in [0.29, 0.717) is 11.5 Å². The molecule has 3 aromatic rings. The molecule has 0 unspecified atom stereocenters. The van der Waals surface area contributed by atoms with Crippen molar-refractivity contribution in [3.63, 3.8) is 0 Å². The number of piperidine rings is 1. The monoisotopic (exact) mass is 408 g/mol. The smallest absolute Gasteiger partial charge is 0.251 e. The van der Waals surface area contributed by atoms with Gasteiger partial charge < -0.3 is 4.98 Å². The molecule has 1 aliphatic rings. The van der Waals surface area contributed by atoms with E-state index in [2.05, 4.69) is 31.8 Å². The Bertz CT molecular complexity index is 984. The van der Waals surface area contributed by atoms with Crippen LogP contribution in [0, 0.1) is 0 Å². The Balaban J connectivity index is 1.39. The topological polar surface area (TPSA) is 87.7 Å². The van der Waals surface area contributed by atoms with Crippen LogP contribution in [0.5, 0.6) is 0 Å². The number of aromatic amines is 1. The zero-order valence-corrected chi connectivity index (χ0v) is 17.2. The molecule has 0 aliphatic carbocycles. The van der Waals surface area contributed by atoms with E-state index >= 15 is 0 Å². The van der Waals surface area contributed by atoms with Gasteiger partial charge in [0.1, 0.15) is 5.69 Å². The van der Waals surface area contributed by atoms with E-state index in [-0.39, 0.29) is 11.5 Å². The van der Waals surface area contributed by atoms with Crippen LogP contribution in [0.4, 0.5) is 0 Å². The maximum atomic E-state index is 12.2. The van der Waals surface area contributed by atoms with Gasteiger partial charge in [0.05, 0.1) is 5.69 Å². The zero-order valence-electron chi connectivity index (χ0n) is 16.4. The first-order valence-corrected chi connectivity index (χ1v) is 10.9. The number of nitrogens with one attached hydrogen (secondary N) is 1. The summed E-state index contributed by atoms with van der Waals surface area (Å²) >= 11 is 1.65. The molecule has 0 spiro atoms. The Morgan fingerprint density at radius 2 is 1.97 bits per heavy atom. The van der Waals surface area contributed by atoms with Gasteiger partial charge in [-0.15, -0.1) is 0 Å². The minimum absolute atomic E-state index is 0.125. The third-order valence-electron chi connectivity index (χ3n) is 5.04. The van der Waals surface area contributed by atoms with Crippen LogP contribution in [0.25, 0.3) is 11.5 Å². The van der Waals surface area contributed by atoms with Gasteiger partial charge in [0.2, 0.25) is 0 Å². The van der Waals surface area contributed by atoms with Gasteiger partial charge >= 0.3 is 0 Å². The summed E-state index contributed by atoms with van der Waals surface area (Å²) in [5, 5.41) is 0.832. The second kappa shape index (κ2) is 9.28. The Kier molecular flexibility index (Phi) is 6.31. The average Bonchev–Trinajstić information content (AvgIpc) is 2.76. The van der Waals surface area contributed by atoms with E-state index in [4.69, 9.17) is 4.98 Å². The molecule has 3 aromatic heterocycles. The number of nitrogens with zero attached hydrogens (tertiary/aromatic N) is 5. The molecule has 1 N–H and O–H groups in total. The van der Waals surface area contributed by atoms with Gasteiger partial charge in [0, 0.05) is 42.7 Å². The molecule has 7 nitrogen and oxygen atoms in total. The predicted octanol–water partition coefficient (Wildman–Crippen LogP) is 3.11. The van der Waals surface area contributed by atoms with Crippen LogP contribution < -0.4 is 5.56 Å². The fraction of sp³-hybridized carbons (Fsp3) is 0.381. The highest BCUT2D eigenvalue weighted by Gasteiger charge is 2.23. The van der Waals surface area contributed by atoms with Crippen LogP contribution in [0.15, 0.2) is 52.8 Å². The van der Waals surface area contributed by atoms with E-state index < -0.39 is 0 Å². The number of hydrogen-bond acceptors (Lipinski definition) is 7. The minimum atomic E-state index is -0.125. The van der Waals surface area contributed by atoms with Crippen molar-refractivity contribution in [3.05, 3.63) is 64.5 Å². The summed E-state index contributed by atoms with van der Waals surface area (Å²) in [5.41, 5.74) is 2.56. The van der Waals surface area contributed by atoms with Crippen LogP contribution in [0.1, 0.15) is 36.9 Å². The van der Waals surface area contributed by atoms with Crippen molar-refractivity contribution >= 4 is 11.8 Å². The normalized spacial score (nSPS) is 15.5. The maximum Gasteiger partial charge on any atom is 0.251 e. The summed E-state index contributed by atoms with van der Waals surface area (Å²) in [4.78, 5) is 35.2. The van der Waals surface area contributed by atoms with Gasteiger partial charge in [0.15, 0.2) is 11.0 Å². The zero-order chi connectivity index (χ0) is 20.1. The standard InChI is InChI=1S/C21H24N6OS/c1-2-29-21-23-12-15(13-24-21)14-27-9-6-16(7-10-27)18-11-19(28)26-20(25-18)17-5-3-4-8-22-17/h3-5,8,11-13,16H,2,6-7,9-10,14H2,1H3,(H,25,26,28). The highest BCUT2D eigenvalue weighted by Crippen LogP contribution is 2.27. The maximum absolute atomic E-state index is 12.2. The molecule has 8 heteroatoms. The number of aromatic nitrogens is 5.